The van der Waals surface area contributed by atoms with Gasteiger partial charge in [0, 0.05) is 46.7 Å². The van der Waals surface area contributed by atoms with Crippen molar-refractivity contribution in [1.29, 1.82) is 0 Å². The van der Waals surface area contributed by atoms with Gasteiger partial charge in [-0.25, -0.2) is 0 Å². The fourth-order valence-electron chi connectivity index (χ4n) is 4.42. The van der Waals surface area contributed by atoms with Crippen LogP contribution in [0.2, 0.25) is 0 Å². The molecule has 0 saturated carbocycles. The highest BCUT2D eigenvalue weighted by Crippen LogP contribution is 2.33. The largest absolute Gasteiger partial charge is 0.481 e. The molecule has 0 bridgehead atoms. The van der Waals surface area contributed by atoms with Crippen molar-refractivity contribution in [3.8, 4) is 5.75 Å². The van der Waals surface area contributed by atoms with E-state index in [0.29, 0.717) is 35.6 Å². The second-order valence-electron chi connectivity index (χ2n) is 8.96. The molecule has 1 aliphatic rings. The lowest BCUT2D eigenvalue weighted by Crippen LogP contribution is -2.40. The van der Waals surface area contributed by atoms with Crippen molar-refractivity contribution in [2.24, 2.45) is 7.05 Å². The molecule has 2 aromatic heterocycles. The Bertz CT molecular complexity index is 1420. The second-order valence-corrected chi connectivity index (χ2v) is 10.7. The fraction of sp³-hybridized carbons (Fsp3) is 0.400. The van der Waals surface area contributed by atoms with Crippen molar-refractivity contribution in [1.82, 2.24) is 14.5 Å². The predicted molar refractivity (Wildman–Crippen MR) is 133 cm³/mol. The Labute approximate surface area is 212 Å². The van der Waals surface area contributed by atoms with Gasteiger partial charge in [0.2, 0.25) is 0 Å². The molecular weight excluding hydrogens is 511 g/mol. The summed E-state index contributed by atoms with van der Waals surface area (Å²) in [5, 5.41) is 2.56. The molecule has 0 aliphatic carbocycles. The monoisotopic (exact) mass is 537 g/mol. The molecule has 4 rings (SSSR count). The van der Waals surface area contributed by atoms with Crippen molar-refractivity contribution in [3.63, 3.8) is 0 Å². The number of carbonyl (C=O) groups is 2. The van der Waals surface area contributed by atoms with Gasteiger partial charge in [0.15, 0.2) is 23.8 Å². The van der Waals surface area contributed by atoms with Crippen molar-refractivity contribution in [3.05, 3.63) is 63.7 Å². The Morgan fingerprint density at radius 1 is 1.16 bits per heavy atom. The van der Waals surface area contributed by atoms with E-state index >= 15 is 0 Å². The summed E-state index contributed by atoms with van der Waals surface area (Å²) < 4.78 is 58.5. The lowest BCUT2D eigenvalue weighted by Gasteiger charge is -2.23. The van der Waals surface area contributed by atoms with Crippen LogP contribution in [-0.2, 0) is 24.4 Å². The molecule has 1 amide bonds. The lowest BCUT2D eigenvalue weighted by molar-refractivity contribution is -0.153. The Morgan fingerprint density at radius 2 is 1.81 bits per heavy atom. The number of pyridine rings is 1. The van der Waals surface area contributed by atoms with E-state index in [4.69, 9.17) is 4.74 Å². The van der Waals surface area contributed by atoms with Gasteiger partial charge in [0.1, 0.15) is 5.39 Å². The fourth-order valence-corrected chi connectivity index (χ4v) is 5.72. The minimum absolute atomic E-state index is 0.206. The molecule has 0 unspecified atom stereocenters. The zero-order chi connectivity index (χ0) is 26.9. The molecule has 1 aliphatic heterocycles. The smallest absolute Gasteiger partial charge is 0.422 e. The third-order valence-electron chi connectivity index (χ3n) is 6.34. The summed E-state index contributed by atoms with van der Waals surface area (Å²) in [6.45, 7) is -0.436. The number of ether oxygens (including phenoxy) is 1. The van der Waals surface area contributed by atoms with Crippen LogP contribution in [0.1, 0.15) is 39.4 Å². The van der Waals surface area contributed by atoms with Crippen LogP contribution in [0.3, 0.4) is 0 Å². The van der Waals surface area contributed by atoms with Crippen molar-refractivity contribution in [2.45, 2.75) is 38.5 Å². The van der Waals surface area contributed by atoms with E-state index in [1.807, 2.05) is 0 Å². The van der Waals surface area contributed by atoms with Crippen LogP contribution < -0.4 is 15.6 Å². The number of alkyl halides is 3. The number of hydrogen-bond donors (Lipinski definition) is 1. The molecule has 0 spiro atoms. The Morgan fingerprint density at radius 3 is 2.43 bits per heavy atom. The highest BCUT2D eigenvalue weighted by Gasteiger charge is 2.33. The van der Waals surface area contributed by atoms with Crippen LogP contribution in [0.5, 0.6) is 5.75 Å². The number of rotatable bonds is 7. The van der Waals surface area contributed by atoms with Crippen molar-refractivity contribution in [2.75, 3.05) is 18.1 Å². The Hall–Kier alpha value is -3.41. The zero-order valence-electron chi connectivity index (χ0n) is 20.3. The quantitative estimate of drug-likeness (QED) is 0.467. The van der Waals surface area contributed by atoms with Crippen LogP contribution in [0.4, 0.5) is 13.2 Å². The predicted octanol–water partition coefficient (Wildman–Crippen LogP) is 3.11. The van der Waals surface area contributed by atoms with E-state index in [0.717, 1.165) is 4.57 Å². The molecule has 1 saturated heterocycles. The molecule has 3 heterocycles. The molecular formula is C25H26F3N3O5S. The van der Waals surface area contributed by atoms with E-state index in [1.165, 1.54) is 17.7 Å². The van der Waals surface area contributed by atoms with Crippen LogP contribution in [0.25, 0.3) is 10.9 Å². The minimum atomic E-state index is -4.71. The second kappa shape index (κ2) is 10.5. The molecule has 3 aromatic rings. The van der Waals surface area contributed by atoms with Crippen LogP contribution in [0, 0.1) is 6.92 Å². The molecule has 198 valence electrons. The van der Waals surface area contributed by atoms with Gasteiger partial charge in [-0.05, 0) is 25.8 Å². The Kier molecular flexibility index (Phi) is 7.58. The summed E-state index contributed by atoms with van der Waals surface area (Å²) in [4.78, 5) is 39.6. The third-order valence-corrected chi connectivity index (χ3v) is 7.72. The van der Waals surface area contributed by atoms with E-state index in [2.05, 4.69) is 5.32 Å². The van der Waals surface area contributed by atoms with Gasteiger partial charge in [-0.3, -0.25) is 18.6 Å². The minimum Gasteiger partial charge on any atom is -0.481 e. The molecule has 1 fully saturated rings. The lowest BCUT2D eigenvalue weighted by atomic mass is 10.1. The van der Waals surface area contributed by atoms with Gasteiger partial charge in [0.25, 0.3) is 11.5 Å². The molecule has 0 atom stereocenters. The zero-order valence-corrected chi connectivity index (χ0v) is 21.1. The third kappa shape index (κ3) is 5.79. The standard InChI is InChI=1S/C25H26F3N3O5S/c1-15-12-18-20(24(34)31(15)13-19(32)16-6-4-3-5-7-16)22(36-14-25(26,27)28)21(30(18)2)23(33)29-17-8-10-37(35)11-9-17/h3-7,12,17H,8-11,13-14H2,1-2H3,(H,29,33). The number of carbonyl (C=O) groups excluding carboxylic acids is 2. The van der Waals surface area contributed by atoms with Crippen molar-refractivity contribution >= 4 is 33.4 Å². The average Bonchev–Trinajstić information content (AvgIpc) is 3.13. The molecule has 0 radical (unpaired) electrons. The SMILES string of the molecule is Cc1cc2c(c(OCC(F)(F)F)c(C(=O)NC3CCS(=O)CC3)n2C)c(=O)n1CC(=O)c1ccccc1. The van der Waals surface area contributed by atoms with Gasteiger partial charge in [0.05, 0.1) is 12.1 Å². The first-order valence-corrected chi connectivity index (χ1v) is 13.1. The number of benzene rings is 1. The topological polar surface area (TPSA) is 99.4 Å². The highest BCUT2D eigenvalue weighted by molar-refractivity contribution is 7.85. The number of amides is 1. The highest BCUT2D eigenvalue weighted by atomic mass is 32.2. The summed E-state index contributed by atoms with van der Waals surface area (Å²) in [6.07, 6.45) is -3.78. The molecule has 1 aromatic carbocycles. The number of nitrogens with one attached hydrogen (secondary N) is 1. The summed E-state index contributed by atoms with van der Waals surface area (Å²) in [6, 6.07) is 9.54. The maximum atomic E-state index is 13.5. The first-order chi connectivity index (χ1) is 17.5. The number of hydrogen-bond acceptors (Lipinski definition) is 5. The van der Waals surface area contributed by atoms with Gasteiger partial charge in [-0.2, -0.15) is 13.2 Å². The normalized spacial score (nSPS) is 18.1. The van der Waals surface area contributed by atoms with Crippen molar-refractivity contribution < 1.29 is 31.7 Å². The maximum Gasteiger partial charge on any atom is 0.422 e. The molecule has 1 N–H and O–H groups in total. The summed E-state index contributed by atoms with van der Waals surface area (Å²) in [7, 11) is 0.505. The number of Topliss-reactive ketones (excluding diaryl/α,β-unsaturated/α-hetero) is 1. The molecule has 8 nitrogen and oxygen atoms in total. The number of ketones is 1. The van der Waals surface area contributed by atoms with E-state index in [9.17, 15) is 31.8 Å². The first-order valence-electron chi connectivity index (χ1n) is 11.6. The Balaban J connectivity index is 1.79. The maximum absolute atomic E-state index is 13.5. The number of halogens is 3. The average molecular weight is 538 g/mol. The van der Waals surface area contributed by atoms with E-state index < -0.39 is 40.8 Å². The number of fused-ring (bicyclic) bond motifs is 1. The van der Waals surface area contributed by atoms with Gasteiger partial charge in [-0.1, -0.05) is 30.3 Å². The van der Waals surface area contributed by atoms with E-state index in [-0.39, 0.29) is 35.0 Å². The number of aryl methyl sites for hydroxylation is 2. The summed E-state index contributed by atoms with van der Waals surface area (Å²) in [5.74, 6) is -0.713. The van der Waals surface area contributed by atoms with Gasteiger partial charge in [-0.15, -0.1) is 0 Å². The van der Waals surface area contributed by atoms with Gasteiger partial charge < -0.3 is 19.2 Å². The molecule has 37 heavy (non-hydrogen) atoms. The summed E-state index contributed by atoms with van der Waals surface area (Å²) >= 11 is 0. The number of nitrogens with zero attached hydrogens (tertiary/aromatic N) is 2. The van der Waals surface area contributed by atoms with Gasteiger partial charge >= 0.3 is 6.18 Å². The van der Waals surface area contributed by atoms with Crippen LogP contribution in [-0.4, -0.2) is 55.4 Å². The molecule has 12 heteroatoms. The summed E-state index contributed by atoms with van der Waals surface area (Å²) in [5.41, 5.74) is 0.0159. The first kappa shape index (κ1) is 26.6. The number of aromatic nitrogens is 2. The van der Waals surface area contributed by atoms with Crippen LogP contribution in [0.15, 0.2) is 41.2 Å². The van der Waals surface area contributed by atoms with Crippen LogP contribution >= 0.6 is 0 Å². The van der Waals surface area contributed by atoms with E-state index in [1.54, 1.807) is 37.3 Å².